The summed E-state index contributed by atoms with van der Waals surface area (Å²) in [6, 6.07) is 17.7. The topological polar surface area (TPSA) is 19.4 Å². The van der Waals surface area contributed by atoms with Gasteiger partial charge in [0.1, 0.15) is 0 Å². The molecule has 126 valence electrons. The average Bonchev–Trinajstić information content (AvgIpc) is 3.21. The Balaban J connectivity index is 1.41. The highest BCUT2D eigenvalue weighted by atomic mass is 15.1. The van der Waals surface area contributed by atoms with Crippen molar-refractivity contribution >= 4 is 22.3 Å². The molecule has 3 nitrogen and oxygen atoms in total. The fraction of sp³-hybridized carbons (Fsp3) is 0.318. The predicted molar refractivity (Wildman–Crippen MR) is 104 cm³/mol. The van der Waals surface area contributed by atoms with Gasteiger partial charge in [0.2, 0.25) is 0 Å². The Kier molecular flexibility index (Phi) is 3.58. The smallest absolute Gasteiger partial charge is 0.0703 e. The summed E-state index contributed by atoms with van der Waals surface area (Å²) in [5, 5.41) is 1.22. The van der Waals surface area contributed by atoms with E-state index in [-0.39, 0.29) is 0 Å². The van der Waals surface area contributed by atoms with E-state index in [1.165, 1.54) is 53.8 Å². The molecule has 0 spiro atoms. The van der Waals surface area contributed by atoms with E-state index >= 15 is 0 Å². The molecule has 3 aromatic rings. The van der Waals surface area contributed by atoms with Gasteiger partial charge < -0.3 is 9.80 Å². The minimum Gasteiger partial charge on any atom is -0.372 e. The van der Waals surface area contributed by atoms with Gasteiger partial charge in [0, 0.05) is 37.3 Å². The van der Waals surface area contributed by atoms with Crippen molar-refractivity contribution in [3.05, 3.63) is 65.9 Å². The van der Waals surface area contributed by atoms with Crippen LogP contribution in [0.4, 0.5) is 11.4 Å². The van der Waals surface area contributed by atoms with Crippen molar-refractivity contribution in [2.75, 3.05) is 29.4 Å². The van der Waals surface area contributed by atoms with Gasteiger partial charge in [-0.2, -0.15) is 0 Å². The van der Waals surface area contributed by atoms with Gasteiger partial charge in [0.05, 0.1) is 17.4 Å². The first-order valence-corrected chi connectivity index (χ1v) is 9.33. The number of para-hydroxylation sites is 1. The number of nitrogens with zero attached hydrogens (tertiary/aromatic N) is 3. The van der Waals surface area contributed by atoms with Crippen molar-refractivity contribution in [1.29, 1.82) is 0 Å². The van der Waals surface area contributed by atoms with Gasteiger partial charge in [0.25, 0.3) is 0 Å². The van der Waals surface area contributed by atoms with Crippen LogP contribution in [0, 0.1) is 0 Å². The summed E-state index contributed by atoms with van der Waals surface area (Å²) in [7, 11) is 0. The molecule has 1 saturated heterocycles. The minimum absolute atomic E-state index is 0.982. The highest BCUT2D eigenvalue weighted by molar-refractivity contribution is 5.81. The third-order valence-electron chi connectivity index (χ3n) is 5.61. The maximum Gasteiger partial charge on any atom is 0.0703 e. The number of rotatable bonds is 2. The molecule has 1 aromatic heterocycles. The third kappa shape index (κ3) is 2.74. The summed E-state index contributed by atoms with van der Waals surface area (Å²) in [6.07, 6.45) is 5.80. The summed E-state index contributed by atoms with van der Waals surface area (Å²) < 4.78 is 0. The molecule has 0 unspecified atom stereocenters. The van der Waals surface area contributed by atoms with Crippen LogP contribution in [0.3, 0.4) is 0 Å². The molecule has 5 rings (SSSR count). The van der Waals surface area contributed by atoms with Crippen LogP contribution >= 0.6 is 0 Å². The van der Waals surface area contributed by atoms with Crippen molar-refractivity contribution in [3.63, 3.8) is 0 Å². The second-order valence-electron chi connectivity index (χ2n) is 7.20. The molecule has 0 bridgehead atoms. The summed E-state index contributed by atoms with van der Waals surface area (Å²) in [6.45, 7) is 4.48. The molecule has 0 N–H and O–H groups in total. The van der Waals surface area contributed by atoms with E-state index in [9.17, 15) is 0 Å². The van der Waals surface area contributed by atoms with Gasteiger partial charge in [-0.15, -0.1) is 0 Å². The molecule has 0 aliphatic carbocycles. The van der Waals surface area contributed by atoms with E-state index in [0.29, 0.717) is 0 Å². The zero-order valence-corrected chi connectivity index (χ0v) is 14.5. The Morgan fingerprint density at radius 3 is 2.56 bits per heavy atom. The van der Waals surface area contributed by atoms with Crippen LogP contribution in [0.5, 0.6) is 0 Å². The highest BCUT2D eigenvalue weighted by Crippen LogP contribution is 2.30. The molecule has 2 aromatic carbocycles. The van der Waals surface area contributed by atoms with Crippen molar-refractivity contribution in [3.8, 4) is 0 Å². The average molecular weight is 329 g/mol. The summed E-state index contributed by atoms with van der Waals surface area (Å²) in [5.41, 5.74) is 6.70. The lowest BCUT2D eigenvalue weighted by molar-refractivity contribution is 0.730. The van der Waals surface area contributed by atoms with E-state index in [0.717, 1.165) is 25.0 Å². The Morgan fingerprint density at radius 1 is 0.760 bits per heavy atom. The van der Waals surface area contributed by atoms with Gasteiger partial charge in [-0.25, -0.2) is 0 Å². The molecule has 3 heteroatoms. The molecule has 0 radical (unpaired) electrons. The van der Waals surface area contributed by atoms with Crippen LogP contribution in [0.25, 0.3) is 10.9 Å². The molecular weight excluding hydrogens is 306 g/mol. The van der Waals surface area contributed by atoms with Gasteiger partial charge in [-0.1, -0.05) is 24.3 Å². The van der Waals surface area contributed by atoms with E-state index in [4.69, 9.17) is 0 Å². The Labute approximate surface area is 148 Å². The first-order chi connectivity index (χ1) is 12.4. The number of anilines is 2. The van der Waals surface area contributed by atoms with Crippen LogP contribution in [-0.2, 0) is 13.0 Å². The van der Waals surface area contributed by atoms with Gasteiger partial charge >= 0.3 is 0 Å². The lowest BCUT2D eigenvalue weighted by Gasteiger charge is -2.31. The Hall–Kier alpha value is -2.55. The van der Waals surface area contributed by atoms with Gasteiger partial charge in [-0.05, 0) is 54.7 Å². The number of pyridine rings is 1. The fourth-order valence-corrected chi connectivity index (χ4v) is 4.16. The summed E-state index contributed by atoms with van der Waals surface area (Å²) in [4.78, 5) is 9.61. The molecule has 3 heterocycles. The SMILES string of the molecule is c1ccc2ncc(N3CCc4cc(N5CCCC5)ccc4C3)cc2c1. The third-order valence-corrected chi connectivity index (χ3v) is 5.61. The van der Waals surface area contributed by atoms with Gasteiger partial charge in [-0.3, -0.25) is 4.98 Å². The monoisotopic (exact) mass is 329 g/mol. The summed E-state index contributed by atoms with van der Waals surface area (Å²) >= 11 is 0. The molecule has 0 saturated carbocycles. The highest BCUT2D eigenvalue weighted by Gasteiger charge is 2.19. The van der Waals surface area contributed by atoms with Crippen LogP contribution < -0.4 is 9.80 Å². The molecule has 0 atom stereocenters. The number of hydrogen-bond acceptors (Lipinski definition) is 3. The van der Waals surface area contributed by atoms with Crippen LogP contribution in [0.2, 0.25) is 0 Å². The Morgan fingerprint density at radius 2 is 1.64 bits per heavy atom. The number of fused-ring (bicyclic) bond motifs is 2. The second kappa shape index (κ2) is 6.07. The predicted octanol–water partition coefficient (Wildman–Crippen LogP) is 4.40. The molecular formula is C22H23N3. The number of benzene rings is 2. The van der Waals surface area contributed by atoms with Gasteiger partial charge in [0.15, 0.2) is 0 Å². The van der Waals surface area contributed by atoms with Crippen LogP contribution in [0.1, 0.15) is 24.0 Å². The van der Waals surface area contributed by atoms with E-state index in [1.54, 1.807) is 0 Å². The Bertz CT molecular complexity index is 912. The van der Waals surface area contributed by atoms with Crippen LogP contribution in [-0.4, -0.2) is 24.6 Å². The lowest BCUT2D eigenvalue weighted by Crippen LogP contribution is -2.30. The fourth-order valence-electron chi connectivity index (χ4n) is 4.16. The zero-order valence-electron chi connectivity index (χ0n) is 14.5. The standard InChI is InChI=1S/C22H23N3/c1-2-6-22-18(5-1)14-21(15-23-22)25-12-9-17-13-20(8-7-19(17)16-25)24-10-3-4-11-24/h1-2,5-8,13-15H,3-4,9-12,16H2. The maximum absolute atomic E-state index is 4.63. The van der Waals surface area contributed by atoms with Crippen LogP contribution in [0.15, 0.2) is 54.7 Å². The van der Waals surface area contributed by atoms with E-state index in [2.05, 4.69) is 57.2 Å². The van der Waals surface area contributed by atoms with Crippen molar-refractivity contribution in [1.82, 2.24) is 4.98 Å². The minimum atomic E-state index is 0.982. The number of hydrogen-bond donors (Lipinski definition) is 0. The molecule has 25 heavy (non-hydrogen) atoms. The quantitative estimate of drug-likeness (QED) is 0.695. The molecule has 2 aliphatic heterocycles. The second-order valence-corrected chi connectivity index (χ2v) is 7.20. The molecule has 2 aliphatic rings. The van der Waals surface area contributed by atoms with E-state index in [1.807, 2.05) is 12.3 Å². The summed E-state index contributed by atoms with van der Waals surface area (Å²) in [5.74, 6) is 0. The lowest BCUT2D eigenvalue weighted by atomic mass is 9.98. The number of aromatic nitrogens is 1. The largest absolute Gasteiger partial charge is 0.372 e. The van der Waals surface area contributed by atoms with Crippen molar-refractivity contribution in [2.45, 2.75) is 25.8 Å². The van der Waals surface area contributed by atoms with Crippen molar-refractivity contribution in [2.24, 2.45) is 0 Å². The molecule has 0 amide bonds. The van der Waals surface area contributed by atoms with E-state index < -0.39 is 0 Å². The normalized spacial score (nSPS) is 17.1. The first kappa shape index (κ1) is 14.8. The zero-order chi connectivity index (χ0) is 16.6. The van der Waals surface area contributed by atoms with Crippen molar-refractivity contribution < 1.29 is 0 Å². The molecule has 1 fully saturated rings. The maximum atomic E-state index is 4.63. The first-order valence-electron chi connectivity index (χ1n) is 9.33.